The molecule has 5 rings (SSSR count). The van der Waals surface area contributed by atoms with Crippen LogP contribution in [-0.4, -0.2) is 24.6 Å². The van der Waals surface area contributed by atoms with Gasteiger partial charge in [-0.2, -0.15) is 0 Å². The zero-order chi connectivity index (χ0) is 37.3. The van der Waals surface area contributed by atoms with Gasteiger partial charge in [-0.25, -0.2) is 9.59 Å². The number of unbranched alkanes of at least 4 members (excludes halogenated alkanes) is 6. The fourth-order valence-corrected chi connectivity index (χ4v) is 9.96. The highest BCUT2D eigenvalue weighted by molar-refractivity contribution is 5.90. The monoisotopic (exact) mass is 727 g/mol. The summed E-state index contributed by atoms with van der Waals surface area (Å²) in [6.07, 6.45) is 30.2. The summed E-state index contributed by atoms with van der Waals surface area (Å²) in [5.41, 5.74) is 3.87. The molecule has 1 atom stereocenters. The summed E-state index contributed by atoms with van der Waals surface area (Å²) in [7, 11) is 0. The molecule has 53 heavy (non-hydrogen) atoms. The molecule has 0 unspecified atom stereocenters. The highest BCUT2D eigenvalue weighted by Crippen LogP contribution is 2.40. The molecule has 0 aliphatic heterocycles. The number of rotatable bonds is 20. The molecule has 0 N–H and O–H groups in total. The average Bonchev–Trinajstić information content (AvgIpc) is 3.20. The van der Waals surface area contributed by atoms with Crippen molar-refractivity contribution >= 4 is 11.9 Å². The third-order valence-electron chi connectivity index (χ3n) is 13.6. The number of hydrogen-bond donors (Lipinski definition) is 0. The van der Waals surface area contributed by atoms with E-state index in [0.717, 1.165) is 43.4 Å². The van der Waals surface area contributed by atoms with Crippen molar-refractivity contribution in [1.29, 1.82) is 0 Å². The minimum atomic E-state index is -0.433. The Morgan fingerprint density at radius 2 is 0.887 bits per heavy atom. The van der Waals surface area contributed by atoms with Crippen LogP contribution in [0.3, 0.4) is 0 Å². The van der Waals surface area contributed by atoms with Gasteiger partial charge in [0, 0.05) is 0 Å². The Kier molecular flexibility index (Phi) is 17.8. The van der Waals surface area contributed by atoms with Gasteiger partial charge in [0.2, 0.25) is 0 Å². The van der Waals surface area contributed by atoms with Crippen molar-refractivity contribution in [2.24, 2.45) is 23.7 Å². The predicted molar refractivity (Wildman–Crippen MR) is 220 cm³/mol. The molecule has 3 aliphatic carbocycles. The van der Waals surface area contributed by atoms with Crippen molar-refractivity contribution in [3.63, 3.8) is 0 Å². The summed E-state index contributed by atoms with van der Waals surface area (Å²) in [4.78, 5) is 27.0. The van der Waals surface area contributed by atoms with E-state index in [4.69, 9.17) is 9.47 Å². The zero-order valence-electron chi connectivity index (χ0n) is 34.0. The van der Waals surface area contributed by atoms with E-state index >= 15 is 0 Å². The van der Waals surface area contributed by atoms with Crippen LogP contribution in [0.1, 0.15) is 219 Å². The second-order valence-corrected chi connectivity index (χ2v) is 17.5. The third-order valence-corrected chi connectivity index (χ3v) is 13.6. The first-order valence-corrected chi connectivity index (χ1v) is 22.5. The molecule has 2 aromatic carbocycles. The lowest BCUT2D eigenvalue weighted by molar-refractivity contribution is -0.0273. The van der Waals surface area contributed by atoms with Gasteiger partial charge in [0.25, 0.3) is 0 Å². The fraction of sp³-hybridized carbons (Fsp3) is 0.714. The fourth-order valence-electron chi connectivity index (χ4n) is 9.96. The molecular weight excluding hydrogens is 653 g/mol. The van der Waals surface area contributed by atoms with Crippen molar-refractivity contribution in [3.8, 4) is 0 Å². The van der Waals surface area contributed by atoms with E-state index in [1.165, 1.54) is 140 Å². The third kappa shape index (κ3) is 13.3. The quantitative estimate of drug-likeness (QED) is 0.101. The molecule has 3 aliphatic rings. The van der Waals surface area contributed by atoms with Crippen LogP contribution in [0.4, 0.5) is 0 Å². The maximum Gasteiger partial charge on any atom is 0.338 e. The summed E-state index contributed by atoms with van der Waals surface area (Å²) in [6, 6.07) is 16.4. The summed E-state index contributed by atoms with van der Waals surface area (Å²) in [6.45, 7) is 6.94. The van der Waals surface area contributed by atoms with Crippen LogP contribution < -0.4 is 0 Å². The molecular formula is C49H74O4. The number of benzene rings is 2. The first kappa shape index (κ1) is 41.5. The smallest absolute Gasteiger partial charge is 0.338 e. The Labute approximate surface area is 324 Å². The molecule has 4 nitrogen and oxygen atoms in total. The molecule has 4 heteroatoms. The van der Waals surface area contributed by atoms with E-state index in [0.29, 0.717) is 23.0 Å². The van der Waals surface area contributed by atoms with Gasteiger partial charge in [-0.1, -0.05) is 135 Å². The van der Waals surface area contributed by atoms with E-state index in [1.54, 1.807) is 0 Å². The van der Waals surface area contributed by atoms with E-state index in [-0.39, 0.29) is 24.5 Å². The number of carbonyl (C=O) groups is 2. The van der Waals surface area contributed by atoms with Crippen LogP contribution in [0.2, 0.25) is 0 Å². The highest BCUT2D eigenvalue weighted by Gasteiger charge is 2.32. The molecule has 0 heterocycles. The van der Waals surface area contributed by atoms with Crippen molar-refractivity contribution in [1.82, 2.24) is 0 Å². The summed E-state index contributed by atoms with van der Waals surface area (Å²) in [5, 5.41) is 0. The lowest BCUT2D eigenvalue weighted by Gasteiger charge is -2.33. The minimum Gasteiger partial charge on any atom is -0.458 e. The van der Waals surface area contributed by atoms with Crippen LogP contribution in [0.5, 0.6) is 0 Å². The molecule has 0 bridgehead atoms. The summed E-state index contributed by atoms with van der Waals surface area (Å²) < 4.78 is 12.2. The van der Waals surface area contributed by atoms with Crippen molar-refractivity contribution < 1.29 is 19.1 Å². The summed E-state index contributed by atoms with van der Waals surface area (Å²) in [5.74, 6) is 3.30. The van der Waals surface area contributed by atoms with E-state index < -0.39 is 6.10 Å². The molecule has 0 radical (unpaired) electrons. The summed E-state index contributed by atoms with van der Waals surface area (Å²) >= 11 is 0. The normalized spacial score (nSPS) is 25.4. The number of esters is 2. The van der Waals surface area contributed by atoms with E-state index in [2.05, 4.69) is 45.0 Å². The Hall–Kier alpha value is -2.62. The van der Waals surface area contributed by atoms with Crippen LogP contribution in [-0.2, 0) is 9.47 Å². The van der Waals surface area contributed by atoms with Gasteiger partial charge in [0.15, 0.2) is 0 Å². The average molecular weight is 727 g/mol. The van der Waals surface area contributed by atoms with Crippen LogP contribution in [0.25, 0.3) is 0 Å². The SMILES string of the molecule is CCCCCC1CCC(c2ccc(C(=O)OC[C@@H](OC(=O)c3ccc(C4CCC(CCCCC)CC4)cc3)C3CCC(CCCCC)CC3)cc2)CC1. The number of hydrogen-bond acceptors (Lipinski definition) is 4. The Morgan fingerprint density at radius 1 is 0.509 bits per heavy atom. The molecule has 0 spiro atoms. The Bertz CT molecular complexity index is 1310. The van der Waals surface area contributed by atoms with Gasteiger partial charge in [-0.05, 0) is 135 Å². The standard InChI is InChI=1S/C49H74O4/c1-4-7-10-13-37-16-22-40(23-17-37)42-28-32-45(33-29-42)48(50)52-36-47(44-26-20-39(21-27-44)15-12-9-6-3)53-49(51)46-34-30-43(31-35-46)41-24-18-38(19-25-41)14-11-8-5-2/h28-35,37-41,44,47H,4-27,36H2,1-3H3/t37?,38?,39?,40?,41?,44?,47-/m1/s1. The lowest BCUT2D eigenvalue weighted by Crippen LogP contribution is -2.35. The van der Waals surface area contributed by atoms with Gasteiger partial charge >= 0.3 is 11.9 Å². The van der Waals surface area contributed by atoms with Crippen LogP contribution >= 0.6 is 0 Å². The van der Waals surface area contributed by atoms with Gasteiger partial charge in [-0.15, -0.1) is 0 Å². The molecule has 3 saturated carbocycles. The van der Waals surface area contributed by atoms with Gasteiger partial charge in [0.1, 0.15) is 12.7 Å². The molecule has 294 valence electrons. The zero-order valence-corrected chi connectivity index (χ0v) is 34.0. The topological polar surface area (TPSA) is 52.6 Å². The molecule has 0 amide bonds. The van der Waals surface area contributed by atoms with Crippen molar-refractivity contribution in [3.05, 3.63) is 70.8 Å². The molecule has 3 fully saturated rings. The van der Waals surface area contributed by atoms with Crippen LogP contribution in [0, 0.1) is 23.7 Å². The maximum atomic E-state index is 13.6. The maximum absolute atomic E-state index is 13.6. The highest BCUT2D eigenvalue weighted by atomic mass is 16.6. The Balaban J connectivity index is 1.14. The second kappa shape index (κ2) is 22.7. The van der Waals surface area contributed by atoms with Crippen molar-refractivity contribution in [2.75, 3.05) is 6.61 Å². The van der Waals surface area contributed by atoms with E-state index in [9.17, 15) is 9.59 Å². The van der Waals surface area contributed by atoms with E-state index in [1.807, 2.05) is 24.3 Å². The number of ether oxygens (including phenoxy) is 2. The predicted octanol–water partition coefficient (Wildman–Crippen LogP) is 14.2. The molecule has 0 saturated heterocycles. The second-order valence-electron chi connectivity index (χ2n) is 17.5. The first-order chi connectivity index (χ1) is 26.0. The Morgan fingerprint density at radius 3 is 1.28 bits per heavy atom. The molecule has 2 aromatic rings. The lowest BCUT2D eigenvalue weighted by atomic mass is 9.77. The first-order valence-electron chi connectivity index (χ1n) is 22.5. The van der Waals surface area contributed by atoms with Gasteiger partial charge < -0.3 is 9.47 Å². The van der Waals surface area contributed by atoms with Crippen LogP contribution in [0.15, 0.2) is 48.5 Å². The van der Waals surface area contributed by atoms with Gasteiger partial charge in [0.05, 0.1) is 11.1 Å². The molecule has 0 aromatic heterocycles. The largest absolute Gasteiger partial charge is 0.458 e. The van der Waals surface area contributed by atoms with Crippen molar-refractivity contribution in [2.45, 2.75) is 193 Å². The number of carbonyl (C=O) groups excluding carboxylic acids is 2. The van der Waals surface area contributed by atoms with Gasteiger partial charge in [-0.3, -0.25) is 0 Å². The minimum absolute atomic E-state index is 0.110.